The summed E-state index contributed by atoms with van der Waals surface area (Å²) < 4.78 is 26.8. The number of rotatable bonds is 7. The Morgan fingerprint density at radius 1 is 0.935 bits per heavy atom. The van der Waals surface area contributed by atoms with Crippen molar-refractivity contribution in [3.8, 4) is 28.7 Å². The van der Waals surface area contributed by atoms with Crippen molar-refractivity contribution in [3.63, 3.8) is 0 Å². The molecule has 31 heavy (non-hydrogen) atoms. The lowest BCUT2D eigenvalue weighted by Gasteiger charge is -2.28. The second-order valence-corrected chi connectivity index (χ2v) is 6.81. The molecule has 0 radical (unpaired) electrons. The van der Waals surface area contributed by atoms with Crippen LogP contribution in [0.5, 0.6) is 28.7 Å². The monoisotopic (exact) mass is 429 g/mol. The molecule has 8 nitrogen and oxygen atoms in total. The van der Waals surface area contributed by atoms with Crippen LogP contribution in [0.1, 0.15) is 11.1 Å². The number of ether oxygens (including phenoxy) is 5. The largest absolute Gasteiger partial charge is 0.504 e. The summed E-state index contributed by atoms with van der Waals surface area (Å²) in [6.07, 6.45) is 1.72. The van der Waals surface area contributed by atoms with Crippen LogP contribution in [-0.2, 0) is 9.53 Å². The van der Waals surface area contributed by atoms with Gasteiger partial charge in [0.15, 0.2) is 23.0 Å². The molecule has 1 N–H and O–H groups in total. The Balaban J connectivity index is 2.14. The first-order valence-electron chi connectivity index (χ1n) is 9.78. The maximum Gasteiger partial charge on any atom is 0.254 e. The molecule has 1 amide bonds. The Bertz CT molecular complexity index is 939. The van der Waals surface area contributed by atoms with Gasteiger partial charge in [-0.05, 0) is 41.5 Å². The third-order valence-corrected chi connectivity index (χ3v) is 5.02. The standard InChI is InChI=1S/C23H27NO7/c1-27-19-6-5-15(12-18(19)25)11-17(23(26)24-7-9-31-10-8-24)16-13-20(28-2)22(30-4)21(14-16)29-3/h5-6,11-14,25H,7-10H2,1-4H3/b17-11+. The normalized spacial score (nSPS) is 14.2. The molecule has 1 heterocycles. The lowest BCUT2D eigenvalue weighted by atomic mass is 9.99. The molecule has 0 aromatic heterocycles. The number of carbonyl (C=O) groups excluding carboxylic acids is 1. The van der Waals surface area contributed by atoms with E-state index in [0.717, 1.165) is 0 Å². The fourth-order valence-electron chi connectivity index (χ4n) is 3.41. The van der Waals surface area contributed by atoms with Gasteiger partial charge in [0.1, 0.15) is 0 Å². The van der Waals surface area contributed by atoms with E-state index >= 15 is 0 Å². The van der Waals surface area contributed by atoms with Crippen molar-refractivity contribution in [1.82, 2.24) is 4.90 Å². The van der Waals surface area contributed by atoms with Crippen LogP contribution in [0.25, 0.3) is 11.6 Å². The molecule has 2 aromatic carbocycles. The molecule has 3 rings (SSSR count). The number of phenols is 1. The van der Waals surface area contributed by atoms with Crippen LogP contribution in [0.3, 0.4) is 0 Å². The van der Waals surface area contributed by atoms with Crippen molar-refractivity contribution in [3.05, 3.63) is 41.5 Å². The van der Waals surface area contributed by atoms with Crippen molar-refractivity contribution in [2.75, 3.05) is 54.7 Å². The second kappa shape index (κ2) is 10.1. The van der Waals surface area contributed by atoms with E-state index in [4.69, 9.17) is 23.7 Å². The Morgan fingerprint density at radius 2 is 1.55 bits per heavy atom. The number of hydrogen-bond acceptors (Lipinski definition) is 7. The first-order valence-corrected chi connectivity index (χ1v) is 9.78. The predicted molar refractivity (Wildman–Crippen MR) is 116 cm³/mol. The quantitative estimate of drug-likeness (QED) is 0.535. The van der Waals surface area contributed by atoms with E-state index in [1.165, 1.54) is 28.4 Å². The minimum atomic E-state index is -0.159. The number of amides is 1. The first-order chi connectivity index (χ1) is 15.0. The van der Waals surface area contributed by atoms with Crippen molar-refractivity contribution < 1.29 is 33.6 Å². The Hall–Kier alpha value is -3.39. The third-order valence-electron chi connectivity index (χ3n) is 5.02. The highest BCUT2D eigenvalue weighted by Gasteiger charge is 2.24. The SMILES string of the molecule is COc1ccc(/C=C(/C(=O)N2CCOCC2)c2cc(OC)c(OC)c(OC)c2)cc1O. The number of methoxy groups -OCH3 is 4. The van der Waals surface area contributed by atoms with Crippen LogP contribution in [0.15, 0.2) is 30.3 Å². The fraction of sp³-hybridized carbons (Fsp3) is 0.348. The summed E-state index contributed by atoms with van der Waals surface area (Å²) in [7, 11) is 6.05. The van der Waals surface area contributed by atoms with E-state index < -0.39 is 0 Å². The molecular formula is C23H27NO7. The van der Waals surface area contributed by atoms with Gasteiger partial charge in [0.2, 0.25) is 5.75 Å². The summed E-state index contributed by atoms with van der Waals surface area (Å²) >= 11 is 0. The highest BCUT2D eigenvalue weighted by molar-refractivity contribution is 6.24. The van der Waals surface area contributed by atoms with Gasteiger partial charge in [-0.3, -0.25) is 4.79 Å². The summed E-state index contributed by atoms with van der Waals surface area (Å²) in [5.74, 6) is 1.50. The van der Waals surface area contributed by atoms with Crippen molar-refractivity contribution in [1.29, 1.82) is 0 Å². The van der Waals surface area contributed by atoms with Crippen LogP contribution in [0.4, 0.5) is 0 Å². The third kappa shape index (κ3) is 4.86. The highest BCUT2D eigenvalue weighted by Crippen LogP contribution is 2.41. The van der Waals surface area contributed by atoms with Gasteiger partial charge in [-0.1, -0.05) is 6.07 Å². The molecule has 1 saturated heterocycles. The topological polar surface area (TPSA) is 86.7 Å². The maximum atomic E-state index is 13.5. The lowest BCUT2D eigenvalue weighted by molar-refractivity contribution is -0.128. The van der Waals surface area contributed by atoms with Crippen molar-refractivity contribution in [2.24, 2.45) is 0 Å². The van der Waals surface area contributed by atoms with Gasteiger partial charge in [0.05, 0.1) is 41.7 Å². The minimum Gasteiger partial charge on any atom is -0.504 e. The van der Waals surface area contributed by atoms with Crippen LogP contribution in [0.2, 0.25) is 0 Å². The molecule has 1 aliphatic heterocycles. The summed E-state index contributed by atoms with van der Waals surface area (Å²) in [6, 6.07) is 8.42. The molecule has 0 bridgehead atoms. The van der Waals surface area contributed by atoms with Crippen LogP contribution >= 0.6 is 0 Å². The number of phenolic OH excluding ortho intramolecular Hbond substituents is 1. The summed E-state index contributed by atoms with van der Waals surface area (Å²) in [5.41, 5.74) is 1.66. The average molecular weight is 429 g/mol. The summed E-state index contributed by atoms with van der Waals surface area (Å²) in [4.78, 5) is 15.2. The van der Waals surface area contributed by atoms with E-state index in [-0.39, 0.29) is 11.7 Å². The molecule has 2 aromatic rings. The predicted octanol–water partition coefficient (Wildman–Crippen LogP) is 2.83. The zero-order valence-electron chi connectivity index (χ0n) is 18.1. The van der Waals surface area contributed by atoms with E-state index in [0.29, 0.717) is 66.0 Å². The van der Waals surface area contributed by atoms with Crippen LogP contribution in [0, 0.1) is 0 Å². The van der Waals surface area contributed by atoms with Crippen LogP contribution in [-0.4, -0.2) is 70.7 Å². The number of carbonyl (C=O) groups is 1. The molecule has 1 aliphatic rings. The van der Waals surface area contributed by atoms with Crippen molar-refractivity contribution >= 4 is 17.6 Å². The number of benzene rings is 2. The molecule has 166 valence electrons. The van der Waals surface area contributed by atoms with Crippen molar-refractivity contribution in [2.45, 2.75) is 0 Å². The van der Waals surface area contributed by atoms with E-state index in [1.807, 2.05) is 0 Å². The lowest BCUT2D eigenvalue weighted by Crippen LogP contribution is -2.41. The zero-order valence-corrected chi connectivity index (χ0v) is 18.1. The van der Waals surface area contributed by atoms with Gasteiger partial charge >= 0.3 is 0 Å². The number of nitrogens with zero attached hydrogens (tertiary/aromatic N) is 1. The average Bonchev–Trinajstić information content (AvgIpc) is 2.81. The van der Waals surface area contributed by atoms with Crippen LogP contribution < -0.4 is 18.9 Å². The number of morpholine rings is 1. The number of hydrogen-bond donors (Lipinski definition) is 1. The molecule has 0 unspecified atom stereocenters. The summed E-state index contributed by atoms with van der Waals surface area (Å²) in [5, 5.41) is 10.2. The molecule has 0 spiro atoms. The van der Waals surface area contributed by atoms with Gasteiger partial charge in [-0.15, -0.1) is 0 Å². The minimum absolute atomic E-state index is 0.0145. The molecule has 0 atom stereocenters. The summed E-state index contributed by atoms with van der Waals surface area (Å²) in [6.45, 7) is 1.96. The van der Waals surface area contributed by atoms with Gasteiger partial charge < -0.3 is 33.7 Å². The Morgan fingerprint density at radius 3 is 2.06 bits per heavy atom. The van der Waals surface area contributed by atoms with Gasteiger partial charge in [0.25, 0.3) is 5.91 Å². The molecule has 8 heteroatoms. The van der Waals surface area contributed by atoms with E-state index in [2.05, 4.69) is 0 Å². The molecule has 0 aliphatic carbocycles. The molecule has 1 fully saturated rings. The Kier molecular flexibility index (Phi) is 7.25. The van der Waals surface area contributed by atoms with E-state index in [9.17, 15) is 9.90 Å². The fourth-order valence-corrected chi connectivity index (χ4v) is 3.41. The van der Waals surface area contributed by atoms with Gasteiger partial charge in [-0.25, -0.2) is 0 Å². The zero-order chi connectivity index (χ0) is 22.4. The molecular weight excluding hydrogens is 402 g/mol. The van der Waals surface area contributed by atoms with Gasteiger partial charge in [0, 0.05) is 18.7 Å². The smallest absolute Gasteiger partial charge is 0.254 e. The molecule has 0 saturated carbocycles. The van der Waals surface area contributed by atoms with Gasteiger partial charge in [-0.2, -0.15) is 0 Å². The number of aromatic hydroxyl groups is 1. The van der Waals surface area contributed by atoms with E-state index in [1.54, 1.807) is 41.3 Å². The Labute approximate surface area is 181 Å². The first kappa shape index (κ1) is 22.3. The maximum absolute atomic E-state index is 13.5. The second-order valence-electron chi connectivity index (χ2n) is 6.81. The highest BCUT2D eigenvalue weighted by atomic mass is 16.5.